The molecule has 3 N–H and O–H groups in total. The maximum atomic E-state index is 11.9. The van der Waals surface area contributed by atoms with Crippen molar-refractivity contribution in [3.63, 3.8) is 0 Å². The number of carbonyl (C=O) groups is 1. The second kappa shape index (κ2) is 8.19. The Balaban J connectivity index is 1.99. The van der Waals surface area contributed by atoms with E-state index in [2.05, 4.69) is 15.4 Å². The lowest BCUT2D eigenvalue weighted by molar-refractivity contribution is 0.101. The highest BCUT2D eigenvalue weighted by Gasteiger charge is 2.12. The molecule has 0 fully saturated rings. The van der Waals surface area contributed by atoms with Crippen molar-refractivity contribution < 1.29 is 13.2 Å². The molecule has 0 aromatic heterocycles. The van der Waals surface area contributed by atoms with Gasteiger partial charge in [-0.1, -0.05) is 6.92 Å². The summed E-state index contributed by atoms with van der Waals surface area (Å²) in [5.41, 5.74) is 2.03. The fourth-order valence-electron chi connectivity index (χ4n) is 2.07. The third-order valence-electron chi connectivity index (χ3n) is 3.31. The topological polar surface area (TPSA) is 87.3 Å². The largest absolute Gasteiger partial charge is 0.332 e. The second-order valence-electron chi connectivity index (χ2n) is 5.24. The van der Waals surface area contributed by atoms with Crippen molar-refractivity contribution in [2.24, 2.45) is 0 Å². The predicted octanol–water partition coefficient (Wildman–Crippen LogP) is 3.00. The molecule has 0 radical (unpaired) electrons. The summed E-state index contributed by atoms with van der Waals surface area (Å²) in [6.45, 7) is 3.56. The van der Waals surface area contributed by atoms with Crippen LogP contribution in [0.5, 0.6) is 0 Å². The van der Waals surface area contributed by atoms with Gasteiger partial charge >= 0.3 is 0 Å². The Morgan fingerprint density at radius 1 is 0.960 bits per heavy atom. The number of carbonyl (C=O) groups excluding carboxylic acids is 1. The van der Waals surface area contributed by atoms with E-state index >= 15 is 0 Å². The summed E-state index contributed by atoms with van der Waals surface area (Å²) in [4.78, 5) is 11.4. The number of hydrogen-bond donors (Lipinski definition) is 3. The van der Waals surface area contributed by atoms with Crippen LogP contribution >= 0.6 is 12.2 Å². The zero-order chi connectivity index (χ0) is 18.4. The van der Waals surface area contributed by atoms with Gasteiger partial charge in [0.05, 0.1) is 4.90 Å². The Kier molecular flexibility index (Phi) is 6.24. The van der Waals surface area contributed by atoms with E-state index in [1.54, 1.807) is 43.3 Å². The number of ketones is 1. The van der Waals surface area contributed by atoms with Gasteiger partial charge in [0.2, 0.25) is 10.0 Å². The minimum absolute atomic E-state index is 0.000133. The van der Waals surface area contributed by atoms with Crippen molar-refractivity contribution in [3.05, 3.63) is 54.1 Å². The first kappa shape index (κ1) is 19.0. The Morgan fingerprint density at radius 3 is 1.88 bits per heavy atom. The molecule has 0 atom stereocenters. The van der Waals surface area contributed by atoms with Gasteiger partial charge in [0, 0.05) is 23.5 Å². The van der Waals surface area contributed by atoms with E-state index in [1.165, 1.54) is 19.1 Å². The first-order chi connectivity index (χ1) is 11.8. The summed E-state index contributed by atoms with van der Waals surface area (Å²) < 4.78 is 26.2. The van der Waals surface area contributed by atoms with Crippen molar-refractivity contribution >= 4 is 44.5 Å². The highest BCUT2D eigenvalue weighted by atomic mass is 32.2. The van der Waals surface area contributed by atoms with Gasteiger partial charge in [-0.3, -0.25) is 4.79 Å². The summed E-state index contributed by atoms with van der Waals surface area (Å²) in [5.74, 6) is -0.000133. The summed E-state index contributed by atoms with van der Waals surface area (Å²) >= 11 is 5.23. The van der Waals surface area contributed by atoms with Crippen LogP contribution in [0.4, 0.5) is 11.4 Å². The van der Waals surface area contributed by atoms with Crippen molar-refractivity contribution in [1.82, 2.24) is 4.72 Å². The van der Waals surface area contributed by atoms with Crippen LogP contribution in [0.1, 0.15) is 24.2 Å². The summed E-state index contributed by atoms with van der Waals surface area (Å²) in [5, 5.41) is 6.34. The van der Waals surface area contributed by atoms with Crippen LogP contribution in [-0.4, -0.2) is 25.9 Å². The lowest BCUT2D eigenvalue weighted by Crippen LogP contribution is -2.23. The Hall–Kier alpha value is -2.29. The molecular formula is C17H19N3O3S2. The first-order valence-electron chi connectivity index (χ1n) is 7.60. The lowest BCUT2D eigenvalue weighted by atomic mass is 10.1. The molecular weight excluding hydrogens is 358 g/mol. The molecule has 0 unspecified atom stereocenters. The molecule has 2 rings (SSSR count). The zero-order valence-electron chi connectivity index (χ0n) is 13.9. The van der Waals surface area contributed by atoms with Crippen molar-refractivity contribution in [3.8, 4) is 0 Å². The average Bonchev–Trinajstić information content (AvgIpc) is 2.55. The van der Waals surface area contributed by atoms with Crippen molar-refractivity contribution in [2.75, 3.05) is 17.2 Å². The minimum atomic E-state index is -3.47. The zero-order valence-corrected chi connectivity index (χ0v) is 15.5. The molecule has 0 aliphatic carbocycles. The number of thiocarbonyl (C=S) groups is 1. The molecule has 25 heavy (non-hydrogen) atoms. The molecule has 0 aliphatic rings. The molecule has 0 heterocycles. The van der Waals surface area contributed by atoms with E-state index in [4.69, 9.17) is 12.2 Å². The SMILES string of the molecule is CCNS(=O)(=O)c1ccc(NC(=S)Nc2ccc(C(C)=O)cc2)cc1. The molecule has 0 bridgehead atoms. The quantitative estimate of drug-likeness (QED) is 0.530. The molecule has 0 amide bonds. The van der Waals surface area contributed by atoms with Gasteiger partial charge in [-0.2, -0.15) is 0 Å². The predicted molar refractivity (Wildman–Crippen MR) is 104 cm³/mol. The van der Waals surface area contributed by atoms with Crippen LogP contribution in [0.15, 0.2) is 53.4 Å². The highest BCUT2D eigenvalue weighted by molar-refractivity contribution is 7.89. The van der Waals surface area contributed by atoms with E-state index in [9.17, 15) is 13.2 Å². The number of anilines is 2. The second-order valence-corrected chi connectivity index (χ2v) is 7.41. The van der Waals surface area contributed by atoms with E-state index < -0.39 is 10.0 Å². The molecule has 0 spiro atoms. The van der Waals surface area contributed by atoms with Gasteiger partial charge in [-0.05, 0) is 67.7 Å². The van der Waals surface area contributed by atoms with Crippen LogP contribution in [-0.2, 0) is 10.0 Å². The van der Waals surface area contributed by atoms with Gasteiger partial charge < -0.3 is 10.6 Å². The van der Waals surface area contributed by atoms with E-state index in [-0.39, 0.29) is 10.7 Å². The summed E-state index contributed by atoms with van der Waals surface area (Å²) in [6, 6.07) is 13.2. The van der Waals surface area contributed by atoms with E-state index in [0.29, 0.717) is 22.9 Å². The summed E-state index contributed by atoms with van der Waals surface area (Å²) in [7, 11) is -3.47. The normalized spacial score (nSPS) is 11.0. The highest BCUT2D eigenvalue weighted by Crippen LogP contribution is 2.15. The van der Waals surface area contributed by atoms with Crippen LogP contribution in [0, 0.1) is 0 Å². The number of benzene rings is 2. The van der Waals surface area contributed by atoms with Crippen molar-refractivity contribution in [2.45, 2.75) is 18.7 Å². The van der Waals surface area contributed by atoms with Gasteiger partial charge in [-0.25, -0.2) is 13.1 Å². The molecule has 2 aromatic rings. The third kappa shape index (κ3) is 5.35. The minimum Gasteiger partial charge on any atom is -0.332 e. The fourth-order valence-corrected chi connectivity index (χ4v) is 3.35. The van der Waals surface area contributed by atoms with Crippen LogP contribution in [0.2, 0.25) is 0 Å². The van der Waals surface area contributed by atoms with Crippen molar-refractivity contribution in [1.29, 1.82) is 0 Å². The number of rotatable bonds is 6. The fraction of sp³-hybridized carbons (Fsp3) is 0.176. The first-order valence-corrected chi connectivity index (χ1v) is 9.49. The number of hydrogen-bond acceptors (Lipinski definition) is 4. The van der Waals surface area contributed by atoms with Crippen LogP contribution in [0.25, 0.3) is 0 Å². The molecule has 0 aliphatic heterocycles. The Labute approximate surface area is 152 Å². The van der Waals surface area contributed by atoms with Gasteiger partial charge in [0.1, 0.15) is 0 Å². The molecule has 6 nitrogen and oxygen atoms in total. The van der Waals surface area contributed by atoms with Gasteiger partial charge in [0.25, 0.3) is 0 Å². The number of nitrogens with one attached hydrogen (secondary N) is 3. The van der Waals surface area contributed by atoms with Crippen LogP contribution in [0.3, 0.4) is 0 Å². The van der Waals surface area contributed by atoms with E-state index in [1.807, 2.05) is 0 Å². The molecule has 8 heteroatoms. The summed E-state index contributed by atoms with van der Waals surface area (Å²) in [6.07, 6.45) is 0. The monoisotopic (exact) mass is 377 g/mol. The lowest BCUT2D eigenvalue weighted by Gasteiger charge is -2.11. The number of Topliss-reactive ketones (excluding diaryl/α,β-unsaturated/α-hetero) is 1. The molecule has 132 valence electrons. The Morgan fingerprint density at radius 2 is 1.44 bits per heavy atom. The van der Waals surface area contributed by atoms with Gasteiger partial charge in [-0.15, -0.1) is 0 Å². The number of sulfonamides is 1. The van der Waals surface area contributed by atoms with Gasteiger partial charge in [0.15, 0.2) is 10.9 Å². The third-order valence-corrected chi connectivity index (χ3v) is 5.07. The maximum Gasteiger partial charge on any atom is 0.240 e. The smallest absolute Gasteiger partial charge is 0.240 e. The Bertz CT molecular complexity index is 861. The van der Waals surface area contributed by atoms with Crippen LogP contribution < -0.4 is 15.4 Å². The van der Waals surface area contributed by atoms with E-state index in [0.717, 1.165) is 5.69 Å². The molecule has 2 aromatic carbocycles. The average molecular weight is 377 g/mol. The standard InChI is InChI=1S/C17H19N3O3S2/c1-3-18-25(22,23)16-10-8-15(9-11-16)20-17(24)19-14-6-4-13(5-7-14)12(2)21/h4-11,18H,3H2,1-2H3,(H2,19,20,24). The maximum absolute atomic E-state index is 11.9. The molecule has 0 saturated carbocycles. The molecule has 0 saturated heterocycles.